The van der Waals surface area contributed by atoms with Gasteiger partial charge in [0.2, 0.25) is 0 Å². The van der Waals surface area contributed by atoms with Gasteiger partial charge in [-0.2, -0.15) is 13.2 Å². The summed E-state index contributed by atoms with van der Waals surface area (Å²) in [6.07, 6.45) is -1.94. The minimum Gasteiger partial charge on any atom is -0.482 e. The fourth-order valence-electron chi connectivity index (χ4n) is 3.37. The van der Waals surface area contributed by atoms with Crippen molar-refractivity contribution >= 4 is 16.8 Å². The molecule has 1 aromatic carbocycles. The fourth-order valence-corrected chi connectivity index (χ4v) is 3.37. The highest BCUT2D eigenvalue weighted by Gasteiger charge is 2.29. The number of ether oxygens (including phenoxy) is 1. The quantitative estimate of drug-likeness (QED) is 0.287. The first-order chi connectivity index (χ1) is 16.0. The molecule has 8 nitrogen and oxygen atoms in total. The highest BCUT2D eigenvalue weighted by Crippen LogP contribution is 2.28. The number of hydrazine groups is 1. The summed E-state index contributed by atoms with van der Waals surface area (Å²) >= 11 is 0. The van der Waals surface area contributed by atoms with Crippen LogP contribution in [0.5, 0.6) is 5.75 Å². The van der Waals surface area contributed by atoms with E-state index in [1.165, 1.54) is 47.1 Å². The van der Waals surface area contributed by atoms with Crippen LogP contribution in [-0.4, -0.2) is 51.7 Å². The number of ketones is 1. The van der Waals surface area contributed by atoms with Gasteiger partial charge in [-0.15, -0.1) is 0 Å². The number of carbonyl (C=O) groups is 1. The number of nitrogens with two attached hydrogens (primary N) is 1. The van der Waals surface area contributed by atoms with E-state index in [9.17, 15) is 22.8 Å². The fraction of sp³-hybridized carbons (Fsp3) is 0.391. The molecule has 2 N–H and O–H groups in total. The largest absolute Gasteiger partial charge is 0.482 e. The lowest BCUT2D eigenvalue weighted by atomic mass is 10.0. The number of alkyl halides is 3. The Labute approximate surface area is 194 Å². The summed E-state index contributed by atoms with van der Waals surface area (Å²) in [5.41, 5.74) is -0.124. The molecule has 0 aliphatic rings. The molecule has 11 heteroatoms. The first-order valence-corrected chi connectivity index (χ1v) is 10.7. The molecule has 0 aliphatic heterocycles. The Balaban J connectivity index is 2.28. The van der Waals surface area contributed by atoms with Gasteiger partial charge in [0.05, 0.1) is 17.6 Å². The van der Waals surface area contributed by atoms with Crippen LogP contribution < -0.4 is 16.1 Å². The Hall–Kier alpha value is -3.31. The summed E-state index contributed by atoms with van der Waals surface area (Å²) in [5.74, 6) is 5.43. The van der Waals surface area contributed by atoms with Gasteiger partial charge in [0, 0.05) is 25.2 Å². The zero-order valence-electron chi connectivity index (χ0n) is 19.1. The standard InChI is InChI=1S/C23H26F3N5O3/c1-4-14(2)10-20-29-21-16(6-5-9-28-21)22(33)31(20)17-11-15(18(32)12-30(3)27)7-8-19(17)34-13-23(24,25)26/h5-9,11,14H,4,10,12-13,27H2,1-3H3. The average molecular weight is 477 g/mol. The highest BCUT2D eigenvalue weighted by molar-refractivity contribution is 5.98. The molecule has 3 aromatic rings. The van der Waals surface area contributed by atoms with Crippen molar-refractivity contribution in [2.75, 3.05) is 20.2 Å². The second-order valence-electron chi connectivity index (χ2n) is 8.19. The van der Waals surface area contributed by atoms with Gasteiger partial charge >= 0.3 is 6.18 Å². The Morgan fingerprint density at radius 1 is 1.29 bits per heavy atom. The maximum atomic E-state index is 13.5. The molecule has 182 valence electrons. The van der Waals surface area contributed by atoms with E-state index in [1.807, 2.05) is 13.8 Å². The average Bonchev–Trinajstić information content (AvgIpc) is 2.77. The number of pyridine rings is 1. The molecule has 3 rings (SSSR count). The van der Waals surface area contributed by atoms with Crippen LogP contribution in [0.25, 0.3) is 16.7 Å². The predicted molar refractivity (Wildman–Crippen MR) is 121 cm³/mol. The van der Waals surface area contributed by atoms with Gasteiger partial charge in [0.25, 0.3) is 5.56 Å². The molecule has 0 saturated carbocycles. The molecular weight excluding hydrogens is 451 g/mol. The third-order valence-electron chi connectivity index (χ3n) is 5.25. The number of aromatic nitrogens is 3. The second-order valence-corrected chi connectivity index (χ2v) is 8.19. The molecule has 34 heavy (non-hydrogen) atoms. The number of rotatable bonds is 9. The summed E-state index contributed by atoms with van der Waals surface area (Å²) in [5, 5.41) is 1.37. The third kappa shape index (κ3) is 5.97. The van der Waals surface area contributed by atoms with E-state index in [0.717, 1.165) is 6.42 Å². The normalized spacial score (nSPS) is 12.8. The minimum atomic E-state index is -4.59. The molecule has 0 aliphatic carbocycles. The summed E-state index contributed by atoms with van der Waals surface area (Å²) in [4.78, 5) is 34.8. The lowest BCUT2D eigenvalue weighted by molar-refractivity contribution is -0.153. The zero-order valence-corrected chi connectivity index (χ0v) is 19.1. The molecule has 0 bridgehead atoms. The van der Waals surface area contributed by atoms with Crippen molar-refractivity contribution in [1.82, 2.24) is 19.5 Å². The van der Waals surface area contributed by atoms with Crippen molar-refractivity contribution in [1.29, 1.82) is 0 Å². The predicted octanol–water partition coefficient (Wildman–Crippen LogP) is 3.30. The van der Waals surface area contributed by atoms with Gasteiger partial charge in [0.1, 0.15) is 11.6 Å². The van der Waals surface area contributed by atoms with E-state index in [4.69, 9.17) is 10.6 Å². The van der Waals surface area contributed by atoms with Gasteiger partial charge in [-0.05, 0) is 36.2 Å². The van der Waals surface area contributed by atoms with Crippen LogP contribution in [0, 0.1) is 5.92 Å². The summed E-state index contributed by atoms with van der Waals surface area (Å²) in [7, 11) is 1.51. The van der Waals surface area contributed by atoms with E-state index in [-0.39, 0.29) is 46.3 Å². The van der Waals surface area contributed by atoms with E-state index < -0.39 is 18.3 Å². The van der Waals surface area contributed by atoms with E-state index in [0.29, 0.717) is 12.2 Å². The Morgan fingerprint density at radius 3 is 2.68 bits per heavy atom. The van der Waals surface area contributed by atoms with Crippen molar-refractivity contribution in [3.05, 3.63) is 58.3 Å². The number of carbonyl (C=O) groups excluding carboxylic acids is 1. The van der Waals surface area contributed by atoms with Crippen LogP contribution in [-0.2, 0) is 6.42 Å². The molecule has 0 radical (unpaired) electrons. The van der Waals surface area contributed by atoms with E-state index in [1.54, 1.807) is 6.07 Å². The van der Waals surface area contributed by atoms with Crippen LogP contribution in [0.1, 0.15) is 36.5 Å². The van der Waals surface area contributed by atoms with Crippen molar-refractivity contribution in [3.8, 4) is 11.4 Å². The first-order valence-electron chi connectivity index (χ1n) is 10.7. The summed E-state index contributed by atoms with van der Waals surface area (Å²) in [6, 6.07) is 7.04. The smallest absolute Gasteiger partial charge is 0.422 e. The van der Waals surface area contributed by atoms with Crippen LogP contribution in [0.15, 0.2) is 41.3 Å². The molecule has 2 heterocycles. The number of halogens is 3. The monoisotopic (exact) mass is 477 g/mol. The molecule has 0 fully saturated rings. The third-order valence-corrected chi connectivity index (χ3v) is 5.25. The maximum absolute atomic E-state index is 13.5. The Morgan fingerprint density at radius 2 is 2.03 bits per heavy atom. The molecule has 0 amide bonds. The zero-order chi connectivity index (χ0) is 25.0. The first kappa shape index (κ1) is 25.3. The van der Waals surface area contributed by atoms with Gasteiger partial charge in [0.15, 0.2) is 18.0 Å². The number of Topliss-reactive ketones (excluding diaryl/α,β-unsaturated/α-hetero) is 1. The molecule has 2 aromatic heterocycles. The molecule has 0 spiro atoms. The van der Waals surface area contributed by atoms with Crippen LogP contribution in [0.3, 0.4) is 0 Å². The number of fused-ring (bicyclic) bond motifs is 1. The van der Waals surface area contributed by atoms with Crippen molar-refractivity contribution in [2.45, 2.75) is 32.9 Å². The molecule has 0 saturated heterocycles. The lowest BCUT2D eigenvalue weighted by Crippen LogP contribution is -2.32. The summed E-state index contributed by atoms with van der Waals surface area (Å²) < 4.78 is 45.0. The Kier molecular flexibility index (Phi) is 7.68. The SMILES string of the molecule is CCC(C)Cc1nc2ncccc2c(=O)n1-c1cc(C(=O)CN(C)N)ccc1OCC(F)(F)F. The van der Waals surface area contributed by atoms with Crippen LogP contribution in [0.4, 0.5) is 13.2 Å². The topological polar surface area (TPSA) is 103 Å². The summed E-state index contributed by atoms with van der Waals surface area (Å²) in [6.45, 7) is 2.26. The van der Waals surface area contributed by atoms with Crippen molar-refractivity contribution in [3.63, 3.8) is 0 Å². The maximum Gasteiger partial charge on any atom is 0.422 e. The van der Waals surface area contributed by atoms with Crippen LogP contribution >= 0.6 is 0 Å². The van der Waals surface area contributed by atoms with Crippen LogP contribution in [0.2, 0.25) is 0 Å². The van der Waals surface area contributed by atoms with Gasteiger partial charge in [-0.3, -0.25) is 20.0 Å². The van der Waals surface area contributed by atoms with E-state index >= 15 is 0 Å². The number of nitrogens with zero attached hydrogens (tertiary/aromatic N) is 4. The second kappa shape index (κ2) is 10.3. The van der Waals surface area contributed by atoms with Gasteiger partial charge < -0.3 is 4.74 Å². The number of likely N-dealkylation sites (N-methyl/N-ethyl adjacent to an activating group) is 1. The molecule has 1 unspecified atom stereocenters. The number of hydrogen-bond acceptors (Lipinski definition) is 7. The number of benzene rings is 1. The van der Waals surface area contributed by atoms with Gasteiger partial charge in [-0.1, -0.05) is 20.3 Å². The van der Waals surface area contributed by atoms with Crippen molar-refractivity contribution in [2.24, 2.45) is 11.8 Å². The highest BCUT2D eigenvalue weighted by atomic mass is 19.4. The van der Waals surface area contributed by atoms with E-state index in [2.05, 4.69) is 9.97 Å². The van der Waals surface area contributed by atoms with Crippen molar-refractivity contribution < 1.29 is 22.7 Å². The Bertz CT molecular complexity index is 1240. The van der Waals surface area contributed by atoms with Gasteiger partial charge in [-0.25, -0.2) is 15.0 Å². The molecular formula is C23H26F3N5O3. The molecule has 1 atom stereocenters. The number of hydrogen-bond donors (Lipinski definition) is 1. The lowest BCUT2D eigenvalue weighted by Gasteiger charge is -2.20. The minimum absolute atomic E-state index is 0.00340.